The third-order valence-electron chi connectivity index (χ3n) is 4.58. The molecule has 1 saturated heterocycles. The smallest absolute Gasteiger partial charge is 0.313 e. The van der Waals surface area contributed by atoms with Gasteiger partial charge >= 0.3 is 11.8 Å². The summed E-state index contributed by atoms with van der Waals surface area (Å²) in [6.07, 6.45) is 1.50. The summed E-state index contributed by atoms with van der Waals surface area (Å²) in [5.74, 6) is -0.852. The van der Waals surface area contributed by atoms with Crippen molar-refractivity contribution in [1.82, 2.24) is 10.2 Å². The van der Waals surface area contributed by atoms with E-state index in [0.717, 1.165) is 12.8 Å². The molecule has 164 valence electrons. The van der Waals surface area contributed by atoms with Crippen molar-refractivity contribution in [1.29, 1.82) is 0 Å². The molecule has 0 saturated carbocycles. The molecule has 0 aromatic heterocycles. The minimum Gasteiger partial charge on any atom is -0.486 e. The van der Waals surface area contributed by atoms with Crippen LogP contribution in [0.3, 0.4) is 0 Å². The van der Waals surface area contributed by atoms with Gasteiger partial charge in [0.15, 0.2) is 11.5 Å². The number of anilines is 1. The van der Waals surface area contributed by atoms with E-state index in [9.17, 15) is 14.4 Å². The van der Waals surface area contributed by atoms with Crippen LogP contribution in [0, 0.1) is 0 Å². The number of carbonyl (C=O) groups excluding carboxylic acids is 3. The first-order chi connectivity index (χ1) is 14.2. The van der Waals surface area contributed by atoms with Gasteiger partial charge < -0.3 is 29.7 Å². The zero-order chi connectivity index (χ0) is 21.7. The number of benzene rings is 1. The molecule has 9 heteroatoms. The topological polar surface area (TPSA) is 106 Å². The Labute approximate surface area is 176 Å². The Balaban J connectivity index is 1.67. The highest BCUT2D eigenvalue weighted by Crippen LogP contribution is 2.32. The molecule has 2 heterocycles. The van der Waals surface area contributed by atoms with Gasteiger partial charge in [-0.3, -0.25) is 14.4 Å². The second kappa shape index (κ2) is 9.34. The van der Waals surface area contributed by atoms with Gasteiger partial charge in [0.1, 0.15) is 19.8 Å². The third kappa shape index (κ3) is 6.09. The Kier molecular flexibility index (Phi) is 6.81. The normalized spacial score (nSPS) is 17.9. The molecule has 0 aliphatic carbocycles. The van der Waals surface area contributed by atoms with Crippen molar-refractivity contribution in [2.45, 2.75) is 45.3 Å². The summed E-state index contributed by atoms with van der Waals surface area (Å²) in [5.41, 5.74) is -0.0304. The number of rotatable bonds is 5. The molecule has 2 N–H and O–H groups in total. The fourth-order valence-electron chi connectivity index (χ4n) is 3.33. The number of nitrogens with one attached hydrogen (secondary N) is 2. The van der Waals surface area contributed by atoms with Gasteiger partial charge in [-0.1, -0.05) is 0 Å². The minimum atomic E-state index is -0.826. The maximum Gasteiger partial charge on any atom is 0.313 e. The number of ether oxygens (including phenoxy) is 3. The Bertz CT molecular complexity index is 798. The molecule has 2 aliphatic heterocycles. The quantitative estimate of drug-likeness (QED) is 0.698. The van der Waals surface area contributed by atoms with Crippen molar-refractivity contribution in [2.75, 3.05) is 38.2 Å². The van der Waals surface area contributed by atoms with E-state index in [2.05, 4.69) is 10.6 Å². The second-order valence-electron chi connectivity index (χ2n) is 8.43. The maximum absolute atomic E-state index is 12.8. The van der Waals surface area contributed by atoms with Crippen LogP contribution in [0.2, 0.25) is 0 Å². The van der Waals surface area contributed by atoms with Crippen LogP contribution in [-0.4, -0.2) is 67.2 Å². The Morgan fingerprint density at radius 3 is 2.50 bits per heavy atom. The van der Waals surface area contributed by atoms with Gasteiger partial charge in [0.05, 0.1) is 6.10 Å². The zero-order valence-corrected chi connectivity index (χ0v) is 17.7. The molecule has 0 bridgehead atoms. The molecule has 1 aromatic rings. The number of carbonyl (C=O) groups is 3. The molecule has 1 fully saturated rings. The monoisotopic (exact) mass is 419 g/mol. The van der Waals surface area contributed by atoms with Gasteiger partial charge in [0, 0.05) is 30.4 Å². The SMILES string of the molecule is CC(C)(C)NC(=O)CN(CC1CCCO1)C(=O)C(=O)Nc1ccc2c(c1)OCCO2. The van der Waals surface area contributed by atoms with Crippen molar-refractivity contribution in [3.05, 3.63) is 18.2 Å². The molecule has 2 aliphatic rings. The average Bonchev–Trinajstić information content (AvgIpc) is 3.18. The average molecular weight is 419 g/mol. The van der Waals surface area contributed by atoms with Gasteiger partial charge in [0.2, 0.25) is 5.91 Å². The Morgan fingerprint density at radius 2 is 1.83 bits per heavy atom. The van der Waals surface area contributed by atoms with Crippen LogP contribution < -0.4 is 20.1 Å². The van der Waals surface area contributed by atoms with Crippen molar-refractivity contribution in [2.24, 2.45) is 0 Å². The van der Waals surface area contributed by atoms with Crippen LogP contribution in [0.15, 0.2) is 18.2 Å². The molecule has 0 spiro atoms. The van der Waals surface area contributed by atoms with Crippen molar-refractivity contribution < 1.29 is 28.6 Å². The highest BCUT2D eigenvalue weighted by molar-refractivity contribution is 6.39. The molecule has 9 nitrogen and oxygen atoms in total. The van der Waals surface area contributed by atoms with Crippen LogP contribution >= 0.6 is 0 Å². The molecular formula is C21H29N3O6. The van der Waals surface area contributed by atoms with Crippen molar-refractivity contribution in [3.8, 4) is 11.5 Å². The lowest BCUT2D eigenvalue weighted by atomic mass is 10.1. The Morgan fingerprint density at radius 1 is 1.10 bits per heavy atom. The lowest BCUT2D eigenvalue weighted by molar-refractivity contribution is -0.146. The summed E-state index contributed by atoms with van der Waals surface area (Å²) < 4.78 is 16.5. The van der Waals surface area contributed by atoms with Crippen LogP contribution in [0.5, 0.6) is 11.5 Å². The summed E-state index contributed by atoms with van der Waals surface area (Å²) in [6.45, 7) is 7.02. The van der Waals surface area contributed by atoms with Gasteiger partial charge in [-0.2, -0.15) is 0 Å². The molecule has 1 unspecified atom stereocenters. The largest absolute Gasteiger partial charge is 0.486 e. The first-order valence-electron chi connectivity index (χ1n) is 10.1. The molecule has 30 heavy (non-hydrogen) atoms. The molecule has 0 radical (unpaired) electrons. The standard InChI is InChI=1S/C21H29N3O6/c1-21(2,3)23-18(25)13-24(12-15-5-4-8-28-15)20(27)19(26)22-14-6-7-16-17(11-14)30-10-9-29-16/h6-7,11,15H,4-5,8-10,12-13H2,1-3H3,(H,22,26)(H,23,25). The van der Waals surface area contributed by atoms with Crippen molar-refractivity contribution in [3.63, 3.8) is 0 Å². The number of amides is 3. The summed E-state index contributed by atoms with van der Waals surface area (Å²) in [5, 5.41) is 5.40. The Hall–Kier alpha value is -2.81. The van der Waals surface area contributed by atoms with E-state index < -0.39 is 17.4 Å². The molecule has 3 amide bonds. The summed E-state index contributed by atoms with van der Waals surface area (Å²) in [6, 6.07) is 4.92. The molecule has 3 rings (SSSR count). The summed E-state index contributed by atoms with van der Waals surface area (Å²) >= 11 is 0. The highest BCUT2D eigenvalue weighted by Gasteiger charge is 2.29. The fraction of sp³-hybridized carbons (Fsp3) is 0.571. The highest BCUT2D eigenvalue weighted by atomic mass is 16.6. The summed E-state index contributed by atoms with van der Waals surface area (Å²) in [7, 11) is 0. The number of fused-ring (bicyclic) bond motifs is 1. The van der Waals surface area contributed by atoms with Gasteiger partial charge in [-0.25, -0.2) is 0 Å². The molecule has 1 atom stereocenters. The van der Waals surface area contributed by atoms with E-state index >= 15 is 0 Å². The first kappa shape index (κ1) is 21.9. The summed E-state index contributed by atoms with van der Waals surface area (Å²) in [4.78, 5) is 39.1. The van der Waals surface area contributed by atoms with Crippen LogP contribution in [0.25, 0.3) is 0 Å². The second-order valence-corrected chi connectivity index (χ2v) is 8.43. The van der Waals surface area contributed by atoms with E-state index in [4.69, 9.17) is 14.2 Å². The van der Waals surface area contributed by atoms with E-state index in [-0.39, 0.29) is 25.1 Å². The molecule has 1 aromatic carbocycles. The zero-order valence-electron chi connectivity index (χ0n) is 17.7. The lowest BCUT2D eigenvalue weighted by Crippen LogP contribution is -2.51. The van der Waals surface area contributed by atoms with Crippen LogP contribution in [-0.2, 0) is 19.1 Å². The predicted molar refractivity (Wildman–Crippen MR) is 110 cm³/mol. The van der Waals surface area contributed by atoms with Gasteiger partial charge in [-0.15, -0.1) is 0 Å². The first-order valence-corrected chi connectivity index (χ1v) is 10.1. The van der Waals surface area contributed by atoms with Crippen molar-refractivity contribution >= 4 is 23.4 Å². The fourth-order valence-corrected chi connectivity index (χ4v) is 3.33. The van der Waals surface area contributed by atoms with E-state index in [1.54, 1.807) is 18.2 Å². The minimum absolute atomic E-state index is 0.182. The van der Waals surface area contributed by atoms with Crippen LogP contribution in [0.4, 0.5) is 5.69 Å². The van der Waals surface area contributed by atoms with E-state index in [1.807, 2.05) is 20.8 Å². The van der Waals surface area contributed by atoms with E-state index in [0.29, 0.717) is 37.0 Å². The van der Waals surface area contributed by atoms with Crippen LogP contribution in [0.1, 0.15) is 33.6 Å². The number of hydrogen-bond donors (Lipinski definition) is 2. The van der Waals surface area contributed by atoms with Gasteiger partial charge in [0.25, 0.3) is 0 Å². The van der Waals surface area contributed by atoms with E-state index in [1.165, 1.54) is 4.90 Å². The predicted octanol–water partition coefficient (Wildman–Crippen LogP) is 1.32. The lowest BCUT2D eigenvalue weighted by Gasteiger charge is -2.27. The molecular weight excluding hydrogens is 390 g/mol. The number of nitrogens with zero attached hydrogens (tertiary/aromatic N) is 1. The maximum atomic E-state index is 12.8. The van der Waals surface area contributed by atoms with Gasteiger partial charge in [-0.05, 0) is 45.7 Å². The third-order valence-corrected chi connectivity index (χ3v) is 4.58. The number of hydrogen-bond acceptors (Lipinski definition) is 6.